The zero-order chi connectivity index (χ0) is 19.3. The van der Waals surface area contributed by atoms with Crippen LogP contribution in [0.15, 0.2) is 42.5 Å². The van der Waals surface area contributed by atoms with Gasteiger partial charge < -0.3 is 20.3 Å². The van der Waals surface area contributed by atoms with Crippen molar-refractivity contribution in [1.82, 2.24) is 15.5 Å². The highest BCUT2D eigenvalue weighted by Crippen LogP contribution is 2.17. The first-order valence-corrected chi connectivity index (χ1v) is 10.1. The summed E-state index contributed by atoms with van der Waals surface area (Å²) in [7, 11) is 0. The predicted molar refractivity (Wildman–Crippen MR) is 108 cm³/mol. The molecular weight excluding hydrogens is 354 g/mol. The van der Waals surface area contributed by atoms with Crippen molar-refractivity contribution in [3.05, 3.63) is 48.0 Å². The number of nitrogens with one attached hydrogen (secondary N) is 2. The second kappa shape index (κ2) is 8.71. The van der Waals surface area contributed by atoms with Gasteiger partial charge >= 0.3 is 0 Å². The van der Waals surface area contributed by atoms with Crippen LogP contribution < -0.4 is 10.6 Å². The van der Waals surface area contributed by atoms with Crippen LogP contribution in [-0.4, -0.2) is 61.6 Å². The normalized spacial score (nSPS) is 22.8. The Balaban J connectivity index is 1.34. The van der Waals surface area contributed by atoms with E-state index < -0.39 is 0 Å². The molecule has 0 bridgehead atoms. The van der Waals surface area contributed by atoms with E-state index in [1.165, 1.54) is 0 Å². The van der Waals surface area contributed by atoms with Crippen LogP contribution in [0.2, 0.25) is 0 Å². The van der Waals surface area contributed by atoms with Crippen molar-refractivity contribution in [2.75, 3.05) is 32.8 Å². The van der Waals surface area contributed by atoms with Crippen molar-refractivity contribution in [2.45, 2.75) is 31.3 Å². The lowest BCUT2D eigenvalue weighted by atomic mass is 10.0. The van der Waals surface area contributed by atoms with Gasteiger partial charge in [-0.25, -0.2) is 0 Å². The molecule has 2 aromatic carbocycles. The van der Waals surface area contributed by atoms with Crippen LogP contribution in [0.4, 0.5) is 0 Å². The van der Waals surface area contributed by atoms with E-state index in [4.69, 9.17) is 4.74 Å². The molecule has 148 valence electrons. The highest BCUT2D eigenvalue weighted by Gasteiger charge is 2.27. The molecule has 2 heterocycles. The number of carbonyl (C=O) groups is 2. The van der Waals surface area contributed by atoms with E-state index in [1.807, 2.05) is 47.4 Å². The van der Waals surface area contributed by atoms with Crippen molar-refractivity contribution >= 4 is 22.6 Å². The van der Waals surface area contributed by atoms with E-state index in [9.17, 15) is 9.59 Å². The quantitative estimate of drug-likeness (QED) is 0.849. The Morgan fingerprint density at radius 3 is 2.86 bits per heavy atom. The van der Waals surface area contributed by atoms with Crippen LogP contribution in [0.25, 0.3) is 10.8 Å². The van der Waals surface area contributed by atoms with Crippen molar-refractivity contribution in [3.63, 3.8) is 0 Å². The number of nitrogens with zero attached hydrogens (tertiary/aromatic N) is 1. The molecule has 6 nitrogen and oxygen atoms in total. The summed E-state index contributed by atoms with van der Waals surface area (Å²) in [6.07, 6.45) is 2.25. The van der Waals surface area contributed by atoms with Gasteiger partial charge in [-0.05, 0) is 35.7 Å². The fourth-order valence-electron chi connectivity index (χ4n) is 4.01. The topological polar surface area (TPSA) is 70.7 Å². The molecular formula is C22H27N3O3. The Kier molecular flexibility index (Phi) is 5.88. The monoisotopic (exact) mass is 381 g/mol. The fourth-order valence-corrected chi connectivity index (χ4v) is 4.01. The summed E-state index contributed by atoms with van der Waals surface area (Å²) in [6, 6.07) is 13.8. The van der Waals surface area contributed by atoms with Crippen LogP contribution in [0.1, 0.15) is 29.6 Å². The number of hydrogen-bond acceptors (Lipinski definition) is 4. The van der Waals surface area contributed by atoms with E-state index in [1.54, 1.807) is 0 Å². The van der Waals surface area contributed by atoms with E-state index in [-0.39, 0.29) is 23.9 Å². The Labute approximate surface area is 165 Å². The third-order valence-electron chi connectivity index (χ3n) is 5.54. The molecule has 2 saturated heterocycles. The summed E-state index contributed by atoms with van der Waals surface area (Å²) in [4.78, 5) is 27.2. The van der Waals surface area contributed by atoms with Gasteiger partial charge in [-0.1, -0.05) is 30.3 Å². The number of amides is 2. The standard InChI is InChI=1S/C22H27N3O3/c26-21(13-20-15-28-11-9-23-20)25-10-3-6-19(14-25)24-22(27)18-8-7-16-4-1-2-5-17(16)12-18/h1-2,4-5,7-8,12,19-20,23H,3,6,9-11,13-15H2,(H,24,27). The van der Waals surface area contributed by atoms with Crippen molar-refractivity contribution in [3.8, 4) is 0 Å². The largest absolute Gasteiger partial charge is 0.378 e. The number of carbonyl (C=O) groups excluding carboxylic acids is 2. The molecule has 2 fully saturated rings. The number of piperidine rings is 1. The molecule has 0 radical (unpaired) electrons. The average Bonchev–Trinajstić information content (AvgIpc) is 2.74. The van der Waals surface area contributed by atoms with E-state index in [0.29, 0.717) is 31.7 Å². The predicted octanol–water partition coefficient (Wildman–Crippen LogP) is 1.94. The van der Waals surface area contributed by atoms with Gasteiger partial charge in [-0.3, -0.25) is 9.59 Å². The van der Waals surface area contributed by atoms with Crippen molar-refractivity contribution < 1.29 is 14.3 Å². The minimum Gasteiger partial charge on any atom is -0.378 e. The Bertz CT molecular complexity index is 848. The Morgan fingerprint density at radius 1 is 1.18 bits per heavy atom. The van der Waals surface area contributed by atoms with Crippen molar-refractivity contribution in [1.29, 1.82) is 0 Å². The Morgan fingerprint density at radius 2 is 2.04 bits per heavy atom. The summed E-state index contributed by atoms with van der Waals surface area (Å²) in [5, 5.41) is 8.61. The number of likely N-dealkylation sites (tertiary alicyclic amines) is 1. The lowest BCUT2D eigenvalue weighted by Gasteiger charge is -2.34. The number of hydrogen-bond donors (Lipinski definition) is 2. The van der Waals surface area contributed by atoms with Crippen LogP contribution >= 0.6 is 0 Å². The summed E-state index contributed by atoms with van der Waals surface area (Å²) in [6.45, 7) is 3.42. The van der Waals surface area contributed by atoms with Gasteiger partial charge in [0.1, 0.15) is 0 Å². The van der Waals surface area contributed by atoms with Crippen LogP contribution in [-0.2, 0) is 9.53 Å². The van der Waals surface area contributed by atoms with Gasteiger partial charge in [-0.2, -0.15) is 0 Å². The minimum absolute atomic E-state index is 0.00719. The van der Waals surface area contributed by atoms with Gasteiger partial charge in [0.2, 0.25) is 5.91 Å². The molecule has 4 rings (SSSR count). The second-order valence-electron chi connectivity index (χ2n) is 7.64. The maximum Gasteiger partial charge on any atom is 0.251 e. The lowest BCUT2D eigenvalue weighted by molar-refractivity contribution is -0.133. The third kappa shape index (κ3) is 4.51. The number of benzene rings is 2. The molecule has 0 aliphatic carbocycles. The molecule has 2 amide bonds. The maximum atomic E-state index is 12.7. The first-order valence-electron chi connectivity index (χ1n) is 10.1. The SMILES string of the molecule is O=C(NC1CCCN(C(=O)CC2COCCN2)C1)c1ccc2ccccc2c1. The number of fused-ring (bicyclic) bond motifs is 1. The van der Waals surface area contributed by atoms with E-state index >= 15 is 0 Å². The lowest BCUT2D eigenvalue weighted by Crippen LogP contribution is -2.51. The summed E-state index contributed by atoms with van der Waals surface area (Å²) < 4.78 is 5.43. The van der Waals surface area contributed by atoms with E-state index in [2.05, 4.69) is 10.6 Å². The highest BCUT2D eigenvalue weighted by molar-refractivity contribution is 5.98. The molecule has 2 N–H and O–H groups in total. The molecule has 2 aromatic rings. The zero-order valence-corrected chi connectivity index (χ0v) is 16.0. The second-order valence-corrected chi connectivity index (χ2v) is 7.64. The van der Waals surface area contributed by atoms with Crippen LogP contribution in [0.3, 0.4) is 0 Å². The van der Waals surface area contributed by atoms with Crippen LogP contribution in [0.5, 0.6) is 0 Å². The summed E-state index contributed by atoms with van der Waals surface area (Å²) >= 11 is 0. The number of morpholine rings is 1. The fraction of sp³-hybridized carbons (Fsp3) is 0.455. The highest BCUT2D eigenvalue weighted by atomic mass is 16.5. The zero-order valence-electron chi connectivity index (χ0n) is 16.0. The van der Waals surface area contributed by atoms with Gasteiger partial charge in [0.05, 0.1) is 13.2 Å². The van der Waals surface area contributed by atoms with Crippen molar-refractivity contribution in [2.24, 2.45) is 0 Å². The summed E-state index contributed by atoms with van der Waals surface area (Å²) in [5.74, 6) is 0.0556. The molecule has 2 atom stereocenters. The average molecular weight is 381 g/mol. The molecule has 0 saturated carbocycles. The van der Waals surface area contributed by atoms with Gasteiger partial charge in [0.25, 0.3) is 5.91 Å². The first-order chi connectivity index (χ1) is 13.7. The third-order valence-corrected chi connectivity index (χ3v) is 5.54. The molecule has 2 unspecified atom stereocenters. The van der Waals surface area contributed by atoms with E-state index in [0.717, 1.165) is 36.7 Å². The smallest absolute Gasteiger partial charge is 0.251 e. The van der Waals surface area contributed by atoms with Gasteiger partial charge in [-0.15, -0.1) is 0 Å². The molecule has 0 aromatic heterocycles. The first kappa shape index (κ1) is 18.9. The minimum atomic E-state index is -0.0765. The number of ether oxygens (including phenoxy) is 1. The number of rotatable bonds is 4. The molecule has 2 aliphatic heterocycles. The Hall–Kier alpha value is -2.44. The van der Waals surface area contributed by atoms with Gasteiger partial charge in [0.15, 0.2) is 0 Å². The van der Waals surface area contributed by atoms with Crippen LogP contribution in [0, 0.1) is 0 Å². The molecule has 6 heteroatoms. The summed E-state index contributed by atoms with van der Waals surface area (Å²) in [5.41, 5.74) is 0.658. The molecule has 28 heavy (non-hydrogen) atoms. The molecule has 2 aliphatic rings. The molecule has 0 spiro atoms. The van der Waals surface area contributed by atoms with Gasteiger partial charge in [0, 0.05) is 43.7 Å². The maximum absolute atomic E-state index is 12.7.